The van der Waals surface area contributed by atoms with Gasteiger partial charge in [0.25, 0.3) is 13.4 Å². The van der Waals surface area contributed by atoms with Gasteiger partial charge in [0.15, 0.2) is 0 Å². The molecule has 10 aromatic carbocycles. The smallest absolute Gasteiger partial charge is 0.256 e. The summed E-state index contributed by atoms with van der Waals surface area (Å²) in [6, 6.07) is 112. The van der Waals surface area contributed by atoms with Crippen LogP contribution in [0, 0.1) is 0 Å². The fourth-order valence-electron chi connectivity index (χ4n) is 14.4. The zero-order valence-electron chi connectivity index (χ0n) is 49.8. The third-order valence-electron chi connectivity index (χ3n) is 18.2. The molecule has 0 fully saturated rings. The lowest BCUT2D eigenvalue weighted by Crippen LogP contribution is -2.65. The molecule has 14 aromatic rings. The Morgan fingerprint density at radius 3 is 1.10 bits per heavy atom. The van der Waals surface area contributed by atoms with E-state index in [-0.39, 0.29) is 13.4 Å². The maximum Gasteiger partial charge on any atom is 0.256 e. The predicted molar refractivity (Wildman–Crippen MR) is 380 cm³/mol. The van der Waals surface area contributed by atoms with Gasteiger partial charge in [-0.3, -0.25) is 29.5 Å². The molecule has 10 nitrogen and oxygen atoms in total. The van der Waals surface area contributed by atoms with Crippen LogP contribution in [0.25, 0.3) is 11.3 Å². The molecule has 0 radical (unpaired) electrons. The van der Waals surface area contributed by atoms with Crippen LogP contribution in [0.3, 0.4) is 0 Å². The summed E-state index contributed by atoms with van der Waals surface area (Å²) in [6.07, 6.45) is 4.00. The molecule has 0 unspecified atom stereocenters. The second-order valence-electron chi connectivity index (χ2n) is 23.4. The standard InChI is InChI=1S/C80H54B2N10/c1-10-28-55(29-11-1)68-47-46-64-78(84-68)92(63-44-26-9-27-45-63)73-53-75(88(58-34-16-4-17-35-58)59-36-18-5-19-37-59)86-80-77(73)81(64)66-50-65-70(51-71(66)91(80)62-42-24-8-25-43-62)89(60-38-20-6-21-39-60)72-52-74(87(56-30-12-2-13-31-56)57-32-14-3-15-33-57)85-79-76(72)82(65)67-54-83-49-48-69(67)90(79)61-40-22-7-23-41-61/h1-54H. The molecule has 4 aliphatic rings. The molecule has 0 saturated carbocycles. The van der Waals surface area contributed by atoms with E-state index >= 15 is 0 Å². The molecule has 18 rings (SSSR count). The minimum absolute atomic E-state index is 0.327. The molecule has 0 spiro atoms. The molecule has 0 bridgehead atoms. The van der Waals surface area contributed by atoms with Crippen molar-refractivity contribution in [3.8, 4) is 11.3 Å². The van der Waals surface area contributed by atoms with Crippen molar-refractivity contribution >= 4 is 149 Å². The van der Waals surface area contributed by atoms with Gasteiger partial charge < -0.3 is 4.90 Å². The van der Waals surface area contributed by atoms with E-state index in [0.717, 1.165) is 147 Å². The van der Waals surface area contributed by atoms with Crippen LogP contribution in [-0.4, -0.2) is 33.4 Å². The van der Waals surface area contributed by atoms with Gasteiger partial charge in [-0.25, -0.2) is 15.0 Å². The first-order valence-corrected chi connectivity index (χ1v) is 31.2. The molecule has 0 amide bonds. The maximum absolute atomic E-state index is 6.08. The largest absolute Gasteiger partial charge is 0.311 e. The number of hydrogen-bond donors (Lipinski definition) is 0. The molecule has 8 heterocycles. The van der Waals surface area contributed by atoms with Crippen LogP contribution in [0.4, 0.5) is 103 Å². The van der Waals surface area contributed by atoms with E-state index in [9.17, 15) is 0 Å². The van der Waals surface area contributed by atoms with Crippen molar-refractivity contribution < 1.29 is 0 Å². The van der Waals surface area contributed by atoms with Gasteiger partial charge in [-0.15, -0.1) is 0 Å². The number of anilines is 18. The van der Waals surface area contributed by atoms with Crippen LogP contribution in [0.5, 0.6) is 0 Å². The van der Waals surface area contributed by atoms with Crippen LogP contribution >= 0.6 is 0 Å². The number of para-hydroxylation sites is 8. The Morgan fingerprint density at radius 1 is 0.272 bits per heavy atom. The van der Waals surface area contributed by atoms with Crippen LogP contribution in [0.15, 0.2) is 328 Å². The maximum atomic E-state index is 6.08. The molecule has 92 heavy (non-hydrogen) atoms. The van der Waals surface area contributed by atoms with Crippen molar-refractivity contribution in [2.24, 2.45) is 0 Å². The molecule has 0 atom stereocenters. The first kappa shape index (κ1) is 52.8. The van der Waals surface area contributed by atoms with E-state index in [1.165, 1.54) is 0 Å². The van der Waals surface area contributed by atoms with Crippen molar-refractivity contribution in [2.75, 3.05) is 29.4 Å². The minimum Gasteiger partial charge on any atom is -0.311 e. The molecule has 0 N–H and O–H groups in total. The summed E-state index contributed by atoms with van der Waals surface area (Å²) in [5.41, 5.74) is 21.4. The van der Waals surface area contributed by atoms with Crippen molar-refractivity contribution in [2.45, 2.75) is 0 Å². The lowest BCUT2D eigenvalue weighted by atomic mass is 9.30. The van der Waals surface area contributed by atoms with E-state index in [0.29, 0.717) is 0 Å². The Balaban J connectivity index is 0.972. The van der Waals surface area contributed by atoms with Crippen molar-refractivity contribution in [3.05, 3.63) is 328 Å². The highest BCUT2D eigenvalue weighted by molar-refractivity contribution is 7.03. The summed E-state index contributed by atoms with van der Waals surface area (Å²) in [5.74, 6) is 4.03. The van der Waals surface area contributed by atoms with Crippen LogP contribution < -0.4 is 62.2 Å². The Bertz CT molecular complexity index is 5000. The van der Waals surface area contributed by atoms with Gasteiger partial charge in [0.1, 0.15) is 29.1 Å². The first-order valence-electron chi connectivity index (χ1n) is 31.2. The zero-order chi connectivity index (χ0) is 60.6. The number of benzene rings is 10. The average Bonchev–Trinajstić information content (AvgIpc) is 0.691. The summed E-state index contributed by atoms with van der Waals surface area (Å²) < 4.78 is 0. The molecule has 4 aromatic heterocycles. The SMILES string of the molecule is c1ccc(-c2ccc3c(n2)N(c2ccccc2)c2cc(N(c4ccccc4)c4ccccc4)nc4c2B3c2cc3c(cc2N4c2ccccc2)N(c2ccccc2)c2cc(N(c4ccccc4)c4ccccc4)nc4c2B3c2cnccc2N4c2ccccc2)cc1. The Kier molecular flexibility index (Phi) is 12.5. The monoisotopic (exact) mass is 1180 g/mol. The fraction of sp³-hybridized carbons (Fsp3) is 0. The topological polar surface area (TPSA) is 71.0 Å². The van der Waals surface area contributed by atoms with Crippen LogP contribution in [0.1, 0.15) is 0 Å². The summed E-state index contributed by atoms with van der Waals surface area (Å²) in [4.78, 5) is 37.1. The van der Waals surface area contributed by atoms with E-state index in [4.69, 9.17) is 19.9 Å². The van der Waals surface area contributed by atoms with Gasteiger partial charge >= 0.3 is 0 Å². The summed E-state index contributed by atoms with van der Waals surface area (Å²) in [5, 5.41) is 0. The average molecular weight is 1180 g/mol. The normalized spacial score (nSPS) is 12.9. The quantitative estimate of drug-likeness (QED) is 0.117. The van der Waals surface area contributed by atoms with Gasteiger partial charge in [0, 0.05) is 98.3 Å². The summed E-state index contributed by atoms with van der Waals surface area (Å²) in [7, 11) is 0. The third kappa shape index (κ3) is 8.52. The number of pyridine rings is 4. The number of hydrogen-bond acceptors (Lipinski definition) is 10. The van der Waals surface area contributed by atoms with Gasteiger partial charge in [-0.2, -0.15) is 0 Å². The Hall–Kier alpha value is -12.3. The highest BCUT2D eigenvalue weighted by atomic mass is 15.3. The number of nitrogens with zero attached hydrogens (tertiary/aromatic N) is 10. The van der Waals surface area contributed by atoms with Gasteiger partial charge in [0.2, 0.25) is 0 Å². The highest BCUT2D eigenvalue weighted by Gasteiger charge is 2.50. The fourth-order valence-corrected chi connectivity index (χ4v) is 14.4. The predicted octanol–water partition coefficient (Wildman–Crippen LogP) is 16.0. The molecule has 4 aliphatic heterocycles. The molecule has 430 valence electrons. The van der Waals surface area contributed by atoms with Crippen molar-refractivity contribution in [1.82, 2.24) is 19.9 Å². The zero-order valence-corrected chi connectivity index (χ0v) is 49.8. The minimum atomic E-state index is -0.356. The third-order valence-corrected chi connectivity index (χ3v) is 18.2. The lowest BCUT2D eigenvalue weighted by Gasteiger charge is -2.46. The van der Waals surface area contributed by atoms with Gasteiger partial charge in [-0.05, 0) is 148 Å². The number of fused-ring (bicyclic) bond motifs is 8. The molecular weight excluding hydrogens is 1120 g/mol. The highest BCUT2D eigenvalue weighted by Crippen LogP contribution is 2.51. The van der Waals surface area contributed by atoms with Gasteiger partial charge in [0.05, 0.1) is 11.4 Å². The van der Waals surface area contributed by atoms with E-state index in [2.05, 4.69) is 351 Å². The summed E-state index contributed by atoms with van der Waals surface area (Å²) >= 11 is 0. The molecular formula is C80H54B2N10. The lowest BCUT2D eigenvalue weighted by molar-refractivity contribution is 1.11. The number of rotatable bonds is 11. The Morgan fingerprint density at radius 2 is 0.641 bits per heavy atom. The second-order valence-corrected chi connectivity index (χ2v) is 23.4. The van der Waals surface area contributed by atoms with E-state index in [1.807, 2.05) is 6.20 Å². The van der Waals surface area contributed by atoms with Crippen LogP contribution in [0.2, 0.25) is 0 Å². The molecule has 0 saturated heterocycles. The van der Waals surface area contributed by atoms with E-state index < -0.39 is 0 Å². The van der Waals surface area contributed by atoms with Crippen molar-refractivity contribution in [3.63, 3.8) is 0 Å². The number of aromatic nitrogens is 4. The second kappa shape index (κ2) is 21.8. The Labute approximate surface area is 534 Å². The summed E-state index contributed by atoms with van der Waals surface area (Å²) in [6.45, 7) is -0.683. The van der Waals surface area contributed by atoms with Gasteiger partial charge in [-0.1, -0.05) is 188 Å². The first-order chi connectivity index (χ1) is 45.7. The van der Waals surface area contributed by atoms with Crippen molar-refractivity contribution in [1.29, 1.82) is 0 Å². The molecule has 12 heteroatoms. The molecule has 0 aliphatic carbocycles. The van der Waals surface area contributed by atoms with Crippen LogP contribution in [-0.2, 0) is 0 Å². The van der Waals surface area contributed by atoms with E-state index in [1.54, 1.807) is 0 Å².